The zero-order valence-corrected chi connectivity index (χ0v) is 14.3. The van der Waals surface area contributed by atoms with Gasteiger partial charge < -0.3 is 10.1 Å². The Bertz CT molecular complexity index is 740. The minimum absolute atomic E-state index is 0.0913. The maximum absolute atomic E-state index is 11.9. The first-order valence-corrected chi connectivity index (χ1v) is 7.89. The van der Waals surface area contributed by atoms with Gasteiger partial charge in [-0.25, -0.2) is 5.43 Å². The van der Waals surface area contributed by atoms with E-state index in [1.54, 1.807) is 31.2 Å². The number of hydrogen-bond acceptors (Lipinski definition) is 4. The SMILES string of the molecule is CC(CC(=O)Nc1ccccc1)=NNC(=O)COc1ccc(C)cc1. The molecule has 2 rings (SSSR count). The van der Waals surface area contributed by atoms with Crippen LogP contribution in [0.2, 0.25) is 0 Å². The average molecular weight is 339 g/mol. The highest BCUT2D eigenvalue weighted by Gasteiger charge is 2.06. The van der Waals surface area contributed by atoms with Crippen LogP contribution in [0.3, 0.4) is 0 Å². The summed E-state index contributed by atoms with van der Waals surface area (Å²) in [5.74, 6) is 0.0321. The normalized spacial score (nSPS) is 10.9. The van der Waals surface area contributed by atoms with Crippen LogP contribution in [-0.4, -0.2) is 24.1 Å². The molecule has 2 amide bonds. The van der Waals surface area contributed by atoms with E-state index in [4.69, 9.17) is 4.74 Å². The van der Waals surface area contributed by atoms with Gasteiger partial charge in [0, 0.05) is 11.4 Å². The average Bonchev–Trinajstić information content (AvgIpc) is 2.60. The summed E-state index contributed by atoms with van der Waals surface area (Å²) in [4.78, 5) is 23.6. The largest absolute Gasteiger partial charge is 0.484 e. The van der Waals surface area contributed by atoms with Crippen LogP contribution in [0.5, 0.6) is 5.75 Å². The fourth-order valence-corrected chi connectivity index (χ4v) is 1.97. The summed E-state index contributed by atoms with van der Waals surface area (Å²) in [7, 11) is 0. The van der Waals surface area contributed by atoms with Crippen molar-refractivity contribution in [3.8, 4) is 5.75 Å². The number of nitrogens with zero attached hydrogens (tertiary/aromatic N) is 1. The summed E-state index contributed by atoms with van der Waals surface area (Å²) in [5.41, 5.74) is 4.71. The summed E-state index contributed by atoms with van der Waals surface area (Å²) in [5, 5.41) is 6.66. The van der Waals surface area contributed by atoms with E-state index in [1.807, 2.05) is 37.3 Å². The lowest BCUT2D eigenvalue weighted by Gasteiger charge is -2.06. The lowest BCUT2D eigenvalue weighted by atomic mass is 10.2. The van der Waals surface area contributed by atoms with E-state index in [0.29, 0.717) is 11.5 Å². The minimum atomic E-state index is -0.386. The number of amides is 2. The molecular weight excluding hydrogens is 318 g/mol. The number of hydrazone groups is 1. The smallest absolute Gasteiger partial charge is 0.277 e. The first kappa shape index (κ1) is 18.2. The first-order valence-electron chi connectivity index (χ1n) is 7.89. The van der Waals surface area contributed by atoms with Gasteiger partial charge in [-0.1, -0.05) is 35.9 Å². The molecule has 2 aromatic carbocycles. The van der Waals surface area contributed by atoms with Gasteiger partial charge in [0.2, 0.25) is 5.91 Å². The van der Waals surface area contributed by atoms with Crippen LogP contribution in [0.25, 0.3) is 0 Å². The molecule has 25 heavy (non-hydrogen) atoms. The summed E-state index contributed by atoms with van der Waals surface area (Å²) < 4.78 is 5.35. The quantitative estimate of drug-likeness (QED) is 0.601. The third-order valence-electron chi connectivity index (χ3n) is 3.24. The molecule has 0 aliphatic carbocycles. The van der Waals surface area contributed by atoms with E-state index in [9.17, 15) is 9.59 Å². The standard InChI is InChI=1S/C19H21N3O3/c1-14-8-10-17(11-9-14)25-13-19(24)22-21-15(2)12-18(23)20-16-6-4-3-5-7-16/h3-11H,12-13H2,1-2H3,(H,20,23)(H,22,24). The highest BCUT2D eigenvalue weighted by Crippen LogP contribution is 2.11. The predicted octanol–water partition coefficient (Wildman–Crippen LogP) is 2.89. The number of nitrogens with one attached hydrogen (secondary N) is 2. The van der Waals surface area contributed by atoms with Gasteiger partial charge in [-0.05, 0) is 38.1 Å². The number of rotatable bonds is 7. The molecular formula is C19H21N3O3. The molecule has 0 spiro atoms. The van der Waals surface area contributed by atoms with Crippen molar-refractivity contribution in [1.29, 1.82) is 0 Å². The minimum Gasteiger partial charge on any atom is -0.484 e. The van der Waals surface area contributed by atoms with Crippen molar-refractivity contribution in [2.45, 2.75) is 20.3 Å². The van der Waals surface area contributed by atoms with Crippen LogP contribution in [0.1, 0.15) is 18.9 Å². The molecule has 6 nitrogen and oxygen atoms in total. The number of benzene rings is 2. The lowest BCUT2D eigenvalue weighted by molar-refractivity contribution is -0.123. The van der Waals surface area contributed by atoms with Crippen LogP contribution in [0, 0.1) is 6.92 Å². The fourth-order valence-electron chi connectivity index (χ4n) is 1.97. The second-order valence-corrected chi connectivity index (χ2v) is 5.57. The number of carbonyl (C=O) groups excluding carboxylic acids is 2. The molecule has 2 N–H and O–H groups in total. The van der Waals surface area contributed by atoms with Crippen LogP contribution in [0.4, 0.5) is 5.69 Å². The third kappa shape index (κ3) is 6.87. The van der Waals surface area contributed by atoms with Crippen LogP contribution < -0.4 is 15.5 Å². The van der Waals surface area contributed by atoms with E-state index < -0.39 is 0 Å². The Balaban J connectivity index is 1.73. The van der Waals surface area contributed by atoms with E-state index in [1.165, 1.54) is 0 Å². The summed E-state index contributed by atoms with van der Waals surface area (Å²) in [6.07, 6.45) is 0.0913. The topological polar surface area (TPSA) is 79.8 Å². The molecule has 0 saturated carbocycles. The maximum atomic E-state index is 11.9. The molecule has 0 aliphatic heterocycles. The zero-order valence-electron chi connectivity index (χ0n) is 14.3. The van der Waals surface area contributed by atoms with E-state index in [0.717, 1.165) is 11.3 Å². The maximum Gasteiger partial charge on any atom is 0.277 e. The first-order chi connectivity index (χ1) is 12.0. The Kier molecular flexibility index (Phi) is 6.71. The molecule has 0 bridgehead atoms. The summed E-state index contributed by atoms with van der Waals surface area (Å²) in [6.45, 7) is 3.50. The van der Waals surface area contributed by atoms with Crippen molar-refractivity contribution in [3.63, 3.8) is 0 Å². The molecule has 130 valence electrons. The van der Waals surface area contributed by atoms with Crippen molar-refractivity contribution in [2.24, 2.45) is 5.10 Å². The zero-order chi connectivity index (χ0) is 18.1. The number of carbonyl (C=O) groups is 2. The molecule has 6 heteroatoms. The summed E-state index contributed by atoms with van der Waals surface area (Å²) >= 11 is 0. The second kappa shape index (κ2) is 9.22. The van der Waals surface area contributed by atoms with Crippen LogP contribution in [-0.2, 0) is 9.59 Å². The van der Waals surface area contributed by atoms with Gasteiger partial charge in [0.1, 0.15) is 5.75 Å². The lowest BCUT2D eigenvalue weighted by Crippen LogP contribution is -2.26. The number of hydrogen-bond donors (Lipinski definition) is 2. The highest BCUT2D eigenvalue weighted by molar-refractivity contribution is 6.05. The van der Waals surface area contributed by atoms with Crippen LogP contribution >= 0.6 is 0 Å². The Morgan fingerprint density at radius 1 is 1.00 bits per heavy atom. The number of anilines is 1. The molecule has 0 unspecified atom stereocenters. The molecule has 0 aliphatic rings. The van der Waals surface area contributed by atoms with E-state index in [-0.39, 0.29) is 24.8 Å². The van der Waals surface area contributed by atoms with Crippen molar-refractivity contribution in [2.75, 3.05) is 11.9 Å². The fraction of sp³-hybridized carbons (Fsp3) is 0.211. The molecule has 0 radical (unpaired) electrons. The monoisotopic (exact) mass is 339 g/mol. The van der Waals surface area contributed by atoms with E-state index >= 15 is 0 Å². The van der Waals surface area contributed by atoms with Gasteiger partial charge in [0.15, 0.2) is 6.61 Å². The molecule has 0 atom stereocenters. The highest BCUT2D eigenvalue weighted by atomic mass is 16.5. The van der Waals surface area contributed by atoms with Crippen molar-refractivity contribution in [3.05, 3.63) is 60.2 Å². The van der Waals surface area contributed by atoms with Gasteiger partial charge in [0.25, 0.3) is 5.91 Å². The molecule has 0 saturated heterocycles. The Morgan fingerprint density at radius 3 is 2.36 bits per heavy atom. The van der Waals surface area contributed by atoms with Crippen molar-refractivity contribution >= 4 is 23.2 Å². The Morgan fingerprint density at radius 2 is 1.68 bits per heavy atom. The Hall–Kier alpha value is -3.15. The molecule has 2 aromatic rings. The van der Waals surface area contributed by atoms with E-state index in [2.05, 4.69) is 15.8 Å². The predicted molar refractivity (Wildman–Crippen MR) is 97.6 cm³/mol. The van der Waals surface area contributed by atoms with Gasteiger partial charge in [-0.2, -0.15) is 5.10 Å². The van der Waals surface area contributed by atoms with Gasteiger partial charge in [-0.15, -0.1) is 0 Å². The molecule has 0 fully saturated rings. The van der Waals surface area contributed by atoms with Gasteiger partial charge in [0.05, 0.1) is 6.42 Å². The summed E-state index contributed by atoms with van der Waals surface area (Å²) in [6, 6.07) is 16.5. The van der Waals surface area contributed by atoms with Gasteiger partial charge in [-0.3, -0.25) is 9.59 Å². The van der Waals surface area contributed by atoms with Crippen molar-refractivity contribution in [1.82, 2.24) is 5.43 Å². The second-order valence-electron chi connectivity index (χ2n) is 5.57. The van der Waals surface area contributed by atoms with Crippen LogP contribution in [0.15, 0.2) is 59.7 Å². The number of para-hydroxylation sites is 1. The van der Waals surface area contributed by atoms with Crippen molar-refractivity contribution < 1.29 is 14.3 Å². The number of aryl methyl sites for hydroxylation is 1. The third-order valence-corrected chi connectivity index (χ3v) is 3.24. The van der Waals surface area contributed by atoms with Gasteiger partial charge >= 0.3 is 0 Å². The molecule has 0 heterocycles. The molecule has 0 aromatic heterocycles. The number of ether oxygens (including phenoxy) is 1. The Labute approximate surface area is 146 Å².